The van der Waals surface area contributed by atoms with Gasteiger partial charge in [0.1, 0.15) is 11.4 Å². The predicted molar refractivity (Wildman–Crippen MR) is 204 cm³/mol. The molecule has 0 aliphatic heterocycles. The molecule has 0 saturated heterocycles. The highest BCUT2D eigenvalue weighted by atomic mass is 79.9. The second-order valence-corrected chi connectivity index (χ2v) is 14.1. The van der Waals surface area contributed by atoms with Crippen LogP contribution in [-0.4, -0.2) is 43.2 Å². The Bertz CT molecular complexity index is 1050. The van der Waals surface area contributed by atoms with E-state index in [0.717, 1.165) is 60.7 Å². The molecule has 0 heterocycles. The molecule has 1 saturated carbocycles. The van der Waals surface area contributed by atoms with E-state index in [0.29, 0.717) is 11.6 Å². The molecular formula is C40H66BrN3O. The fraction of sp³-hybridized carbons (Fsp3) is 0.600. The lowest BCUT2D eigenvalue weighted by Gasteiger charge is -2.46. The number of rotatable bonds is 11. The van der Waals surface area contributed by atoms with Crippen molar-refractivity contribution in [3.63, 3.8) is 0 Å². The van der Waals surface area contributed by atoms with Gasteiger partial charge >= 0.3 is 0 Å². The lowest BCUT2D eigenvalue weighted by atomic mass is 9.69. The molecule has 5 heteroatoms. The van der Waals surface area contributed by atoms with Crippen molar-refractivity contribution in [2.75, 3.05) is 20.6 Å². The number of unbranched alkanes of at least 4 members (excludes halogenated alkanes) is 2. The second-order valence-electron chi connectivity index (χ2n) is 13.2. The van der Waals surface area contributed by atoms with Gasteiger partial charge in [-0.3, -0.25) is 14.7 Å². The first-order valence-corrected chi connectivity index (χ1v) is 18.1. The van der Waals surface area contributed by atoms with Gasteiger partial charge in [-0.2, -0.15) is 0 Å². The zero-order chi connectivity index (χ0) is 34.3. The highest BCUT2D eigenvalue weighted by molar-refractivity contribution is 9.10. The molecule has 0 amide bonds. The van der Waals surface area contributed by atoms with Gasteiger partial charge in [0.15, 0.2) is 6.29 Å². The number of aldehydes is 1. The van der Waals surface area contributed by atoms with Crippen molar-refractivity contribution in [2.24, 2.45) is 16.3 Å². The highest BCUT2D eigenvalue weighted by Crippen LogP contribution is 2.44. The fourth-order valence-corrected chi connectivity index (χ4v) is 5.58. The van der Waals surface area contributed by atoms with Crippen molar-refractivity contribution < 1.29 is 4.79 Å². The molecule has 1 N–H and O–H groups in total. The average molecular weight is 685 g/mol. The van der Waals surface area contributed by atoms with Gasteiger partial charge in [-0.15, -0.1) is 0 Å². The summed E-state index contributed by atoms with van der Waals surface area (Å²) in [6.45, 7) is 23.6. The maximum atomic E-state index is 12.1. The lowest BCUT2D eigenvalue weighted by molar-refractivity contribution is -0.102. The molecule has 1 fully saturated rings. The van der Waals surface area contributed by atoms with Crippen LogP contribution in [-0.2, 0) is 11.3 Å². The number of nitrogens with zero attached hydrogens (tertiary/aromatic N) is 2. The summed E-state index contributed by atoms with van der Waals surface area (Å²) in [5.41, 5.74) is 3.65. The zero-order valence-corrected chi connectivity index (χ0v) is 32.1. The van der Waals surface area contributed by atoms with E-state index >= 15 is 0 Å². The summed E-state index contributed by atoms with van der Waals surface area (Å²) in [4.78, 5) is 19.6. The Hall–Kier alpha value is -2.08. The normalized spacial score (nSPS) is 18.0. The van der Waals surface area contributed by atoms with Crippen molar-refractivity contribution >= 4 is 34.0 Å². The number of benzene rings is 2. The largest absolute Gasteiger partial charge is 0.320 e. The van der Waals surface area contributed by atoms with Gasteiger partial charge in [0, 0.05) is 16.6 Å². The predicted octanol–water partition coefficient (Wildman–Crippen LogP) is 11.4. The zero-order valence-electron chi connectivity index (χ0n) is 30.5. The minimum atomic E-state index is -0.387. The van der Waals surface area contributed by atoms with Crippen LogP contribution >= 0.6 is 15.9 Å². The van der Waals surface area contributed by atoms with E-state index in [4.69, 9.17) is 4.99 Å². The number of halogens is 1. The molecule has 45 heavy (non-hydrogen) atoms. The topological polar surface area (TPSA) is 44.7 Å². The van der Waals surface area contributed by atoms with E-state index in [2.05, 4.69) is 119 Å². The summed E-state index contributed by atoms with van der Waals surface area (Å²) >= 11 is 3.48. The molecule has 0 bridgehead atoms. The van der Waals surface area contributed by atoms with Crippen LogP contribution in [0.5, 0.6) is 0 Å². The van der Waals surface area contributed by atoms with Crippen LogP contribution in [0.2, 0.25) is 0 Å². The molecule has 0 unspecified atom stereocenters. The molecule has 4 nitrogen and oxygen atoms in total. The fourth-order valence-electron chi connectivity index (χ4n) is 5.31. The van der Waals surface area contributed by atoms with Crippen LogP contribution < -0.4 is 5.32 Å². The Morgan fingerprint density at radius 1 is 0.978 bits per heavy atom. The smallest absolute Gasteiger partial charge is 0.168 e. The standard InChI is InChI=1S/C28H35BrN2O.C5H12.C4H11N.C3H8/c1-6-21-7-9-22(10-8-21)19-31(5)28(17-15-24(16-18-28)27(2,3)4)30-26(20-32)23-11-13-25(29)14-12-23;1-3-5-4-2;1-3-4-5-2;1-3-2/h6-14,20,24H,1,15-19H2,2-5H3;3-5H2,1-2H3;5H,3-4H2,1-2H3;3H2,1-2H3/b30-26+;;;. The lowest BCUT2D eigenvalue weighted by Crippen LogP contribution is -2.49. The molecule has 254 valence electrons. The first kappa shape index (κ1) is 42.9. The summed E-state index contributed by atoms with van der Waals surface area (Å²) in [5.74, 6) is 0.665. The number of hydrogen-bond acceptors (Lipinski definition) is 4. The van der Waals surface area contributed by atoms with E-state index in [1.807, 2.05) is 37.4 Å². The Morgan fingerprint density at radius 3 is 1.87 bits per heavy atom. The average Bonchev–Trinajstić information content (AvgIpc) is 3.02. The monoisotopic (exact) mass is 683 g/mol. The van der Waals surface area contributed by atoms with Crippen molar-refractivity contribution in [3.8, 4) is 0 Å². The minimum absolute atomic E-state index is 0.286. The molecule has 3 rings (SSSR count). The summed E-state index contributed by atoms with van der Waals surface area (Å²) in [7, 11) is 4.11. The van der Waals surface area contributed by atoms with Gasteiger partial charge in [-0.1, -0.05) is 146 Å². The SMILES string of the molecule is C=Cc1ccc(CN(C)C2(/N=C(\C=O)c3ccc(Br)cc3)CCC(C(C)(C)C)CC2)cc1.CCC.CCCCC.CCCNC. The number of nitrogens with one attached hydrogen (secondary N) is 1. The number of aliphatic imine (C=N–C) groups is 1. The Balaban J connectivity index is 0.00000126. The van der Waals surface area contributed by atoms with Crippen LogP contribution in [0.25, 0.3) is 6.08 Å². The highest BCUT2D eigenvalue weighted by Gasteiger charge is 2.41. The number of hydrogen-bond donors (Lipinski definition) is 1. The van der Waals surface area contributed by atoms with Crippen LogP contribution in [0.3, 0.4) is 0 Å². The van der Waals surface area contributed by atoms with Gasteiger partial charge in [0.05, 0.1) is 0 Å². The summed E-state index contributed by atoms with van der Waals surface area (Å²) in [6, 6.07) is 16.3. The molecule has 2 aromatic carbocycles. The van der Waals surface area contributed by atoms with Gasteiger partial charge in [-0.05, 0) is 87.3 Å². The molecule has 0 aromatic heterocycles. The van der Waals surface area contributed by atoms with Gasteiger partial charge < -0.3 is 5.32 Å². The third-order valence-corrected chi connectivity index (χ3v) is 8.67. The van der Waals surface area contributed by atoms with Crippen LogP contribution in [0.15, 0.2) is 64.6 Å². The van der Waals surface area contributed by atoms with Gasteiger partial charge in [0.2, 0.25) is 0 Å². The third kappa shape index (κ3) is 16.9. The van der Waals surface area contributed by atoms with E-state index in [1.54, 1.807) is 0 Å². The first-order valence-electron chi connectivity index (χ1n) is 17.3. The molecule has 0 spiro atoms. The Kier molecular flexibility index (Phi) is 23.0. The van der Waals surface area contributed by atoms with E-state index < -0.39 is 0 Å². The van der Waals surface area contributed by atoms with Crippen molar-refractivity contribution in [3.05, 3.63) is 76.3 Å². The Morgan fingerprint density at radius 2 is 1.51 bits per heavy atom. The van der Waals surface area contributed by atoms with E-state index in [9.17, 15) is 4.79 Å². The summed E-state index contributed by atoms with van der Waals surface area (Å²) < 4.78 is 0.993. The number of carbonyl (C=O) groups excluding carboxylic acids is 1. The number of carbonyl (C=O) groups is 1. The molecule has 1 aliphatic carbocycles. The summed E-state index contributed by atoms with van der Waals surface area (Å²) in [6.07, 6.45) is 13.4. The molecule has 2 aromatic rings. The molecular weight excluding hydrogens is 618 g/mol. The van der Waals surface area contributed by atoms with Crippen molar-refractivity contribution in [1.82, 2.24) is 10.2 Å². The van der Waals surface area contributed by atoms with Crippen molar-refractivity contribution in [1.29, 1.82) is 0 Å². The maximum Gasteiger partial charge on any atom is 0.168 e. The first-order chi connectivity index (χ1) is 21.4. The Labute approximate surface area is 286 Å². The van der Waals surface area contributed by atoms with Gasteiger partial charge in [0.25, 0.3) is 0 Å². The second kappa shape index (κ2) is 24.1. The third-order valence-electron chi connectivity index (χ3n) is 8.14. The molecule has 0 atom stereocenters. The van der Waals surface area contributed by atoms with Crippen molar-refractivity contribution in [2.45, 2.75) is 125 Å². The van der Waals surface area contributed by atoms with Crippen LogP contribution in [0.4, 0.5) is 0 Å². The van der Waals surface area contributed by atoms with Gasteiger partial charge in [-0.25, -0.2) is 0 Å². The molecule has 1 aliphatic rings. The maximum absolute atomic E-state index is 12.1. The van der Waals surface area contributed by atoms with Crippen LogP contribution in [0.1, 0.15) is 130 Å². The van der Waals surface area contributed by atoms with E-state index in [1.165, 1.54) is 37.7 Å². The van der Waals surface area contributed by atoms with Crippen LogP contribution in [0, 0.1) is 11.3 Å². The summed E-state index contributed by atoms with van der Waals surface area (Å²) in [5, 5.41) is 3.02. The minimum Gasteiger partial charge on any atom is -0.320 e. The quantitative estimate of drug-likeness (QED) is 0.189. The molecule has 0 radical (unpaired) electrons. The van der Waals surface area contributed by atoms with E-state index in [-0.39, 0.29) is 11.1 Å².